The lowest BCUT2D eigenvalue weighted by Gasteiger charge is -2.43. The van der Waals surface area contributed by atoms with Crippen LogP contribution in [0, 0.1) is 12.7 Å². The van der Waals surface area contributed by atoms with E-state index in [2.05, 4.69) is 5.10 Å². The molecular weight excluding hydrogens is 604 g/mol. The van der Waals surface area contributed by atoms with E-state index in [-0.39, 0.29) is 42.7 Å². The Labute approximate surface area is 265 Å². The summed E-state index contributed by atoms with van der Waals surface area (Å²) in [5.74, 6) is 0.0230. The van der Waals surface area contributed by atoms with Gasteiger partial charge in [-0.2, -0.15) is 18.3 Å². The molecule has 2 saturated heterocycles. The van der Waals surface area contributed by atoms with Gasteiger partial charge in [0, 0.05) is 37.4 Å². The van der Waals surface area contributed by atoms with Crippen molar-refractivity contribution in [2.24, 2.45) is 0 Å². The number of benzene rings is 2. The molecule has 6 rings (SSSR count). The molecule has 0 radical (unpaired) electrons. The Kier molecular flexibility index (Phi) is 8.60. The predicted octanol–water partition coefficient (Wildman–Crippen LogP) is 6.58. The largest absolute Gasteiger partial charge is 0.447 e. The number of aryl methyl sites for hydroxylation is 1. The fourth-order valence-electron chi connectivity index (χ4n) is 6.70. The number of nitrogens with zero attached hydrogens (tertiary/aromatic N) is 6. The highest BCUT2D eigenvalue weighted by Crippen LogP contribution is 2.37. The Hall–Kier alpha value is -4.29. The van der Waals surface area contributed by atoms with Crippen LogP contribution in [0.25, 0.3) is 0 Å². The van der Waals surface area contributed by atoms with Gasteiger partial charge in [0.25, 0.3) is 0 Å². The number of halogens is 4. The van der Waals surface area contributed by atoms with Crippen LogP contribution in [0.1, 0.15) is 55.4 Å². The summed E-state index contributed by atoms with van der Waals surface area (Å²) in [6.07, 6.45) is -1.51. The first kappa shape index (κ1) is 31.7. The Morgan fingerprint density at radius 3 is 2.43 bits per heavy atom. The van der Waals surface area contributed by atoms with Gasteiger partial charge in [0.05, 0.1) is 43.0 Å². The number of carbonyl (C=O) groups is 2. The molecule has 0 unspecified atom stereocenters. The minimum Gasteiger partial charge on any atom is -0.447 e. The van der Waals surface area contributed by atoms with Crippen molar-refractivity contribution in [3.8, 4) is 0 Å². The average Bonchev–Trinajstić information content (AvgIpc) is 3.39. The van der Waals surface area contributed by atoms with Crippen LogP contribution < -0.4 is 9.80 Å². The van der Waals surface area contributed by atoms with Crippen LogP contribution in [-0.2, 0) is 30.5 Å². The van der Waals surface area contributed by atoms with Crippen LogP contribution in [0.3, 0.4) is 0 Å². The number of rotatable bonds is 7. The number of piperidine rings is 1. The maximum absolute atomic E-state index is 14.7. The van der Waals surface area contributed by atoms with Gasteiger partial charge in [0.15, 0.2) is 5.82 Å². The summed E-state index contributed by atoms with van der Waals surface area (Å²) in [5, 5.41) is 4.68. The lowest BCUT2D eigenvalue weighted by Crippen LogP contribution is -2.54. The molecule has 13 heteroatoms. The maximum atomic E-state index is 14.7. The van der Waals surface area contributed by atoms with Gasteiger partial charge in [-0.25, -0.2) is 14.0 Å². The predicted molar refractivity (Wildman–Crippen MR) is 164 cm³/mol. The molecule has 0 spiro atoms. The molecule has 1 atom stereocenters. The summed E-state index contributed by atoms with van der Waals surface area (Å²) in [5.41, 5.74) is 1.27. The molecule has 246 valence electrons. The Bertz CT molecular complexity index is 1580. The summed E-state index contributed by atoms with van der Waals surface area (Å²) in [6.45, 7) is 7.37. The van der Waals surface area contributed by atoms with Crippen molar-refractivity contribution < 1.29 is 31.9 Å². The zero-order valence-electron chi connectivity index (χ0n) is 26.1. The van der Waals surface area contributed by atoms with Gasteiger partial charge >= 0.3 is 18.3 Å². The molecule has 46 heavy (non-hydrogen) atoms. The zero-order valence-corrected chi connectivity index (χ0v) is 26.1. The SMILES string of the molecule is Cc1cccc(F)c1N1CCC(N2Cc3cn(C[C@H]4CCN4C(=O)OC(C)C)nc3N(Cc3ccccc3C(F)(F)F)C2=O)CC1. The minimum absolute atomic E-state index is 0.0304. The van der Waals surface area contributed by atoms with Gasteiger partial charge in [-0.05, 0) is 63.3 Å². The number of hydrogen-bond donors (Lipinski definition) is 0. The van der Waals surface area contributed by atoms with E-state index in [9.17, 15) is 27.2 Å². The summed E-state index contributed by atoms with van der Waals surface area (Å²) < 4.78 is 63.6. The molecule has 2 fully saturated rings. The number of alkyl halides is 3. The molecule has 0 N–H and O–H groups in total. The van der Waals surface area contributed by atoms with E-state index in [1.165, 1.54) is 29.2 Å². The minimum atomic E-state index is -4.59. The number of aromatic nitrogens is 2. The number of urea groups is 1. The van der Waals surface area contributed by atoms with E-state index in [1.54, 1.807) is 34.4 Å². The third kappa shape index (κ3) is 6.23. The van der Waals surface area contributed by atoms with Crippen molar-refractivity contribution >= 4 is 23.6 Å². The van der Waals surface area contributed by atoms with Crippen molar-refractivity contribution in [1.29, 1.82) is 0 Å². The number of ether oxygens (including phenoxy) is 1. The number of para-hydroxylation sites is 1. The van der Waals surface area contributed by atoms with Crippen molar-refractivity contribution in [1.82, 2.24) is 19.6 Å². The molecule has 4 heterocycles. The first-order valence-electron chi connectivity index (χ1n) is 15.7. The smallest absolute Gasteiger partial charge is 0.416 e. The monoisotopic (exact) mass is 642 g/mol. The van der Waals surface area contributed by atoms with Crippen molar-refractivity contribution in [3.05, 3.63) is 76.7 Å². The maximum Gasteiger partial charge on any atom is 0.416 e. The van der Waals surface area contributed by atoms with Crippen molar-refractivity contribution in [2.75, 3.05) is 29.4 Å². The number of fused-ring (bicyclic) bond motifs is 1. The fourth-order valence-corrected chi connectivity index (χ4v) is 6.70. The van der Waals surface area contributed by atoms with Gasteiger partial charge in [-0.3, -0.25) is 9.58 Å². The molecule has 3 amide bonds. The number of amides is 3. The van der Waals surface area contributed by atoms with Crippen molar-refractivity contribution in [2.45, 2.75) is 84.0 Å². The Morgan fingerprint density at radius 2 is 1.78 bits per heavy atom. The van der Waals surface area contributed by atoms with E-state index >= 15 is 0 Å². The molecule has 3 aromatic rings. The molecular formula is C33H38F4N6O3. The molecule has 1 aromatic heterocycles. The van der Waals surface area contributed by atoms with Gasteiger partial charge in [0.1, 0.15) is 5.82 Å². The first-order valence-corrected chi connectivity index (χ1v) is 15.7. The van der Waals surface area contributed by atoms with Crippen LogP contribution >= 0.6 is 0 Å². The second kappa shape index (κ2) is 12.5. The highest BCUT2D eigenvalue weighted by Gasteiger charge is 2.41. The molecule has 0 bridgehead atoms. The highest BCUT2D eigenvalue weighted by molar-refractivity contribution is 5.94. The molecule has 3 aliphatic heterocycles. The fraction of sp³-hybridized carbons (Fsp3) is 0.485. The quantitative estimate of drug-likeness (QED) is 0.273. The van der Waals surface area contributed by atoms with E-state index in [0.717, 1.165) is 18.1 Å². The third-order valence-electron chi connectivity index (χ3n) is 9.06. The summed E-state index contributed by atoms with van der Waals surface area (Å²) in [6, 6.07) is 9.48. The highest BCUT2D eigenvalue weighted by atomic mass is 19.4. The van der Waals surface area contributed by atoms with Gasteiger partial charge in [0.2, 0.25) is 0 Å². The lowest BCUT2D eigenvalue weighted by atomic mass is 10.00. The number of anilines is 2. The van der Waals surface area contributed by atoms with Crippen LogP contribution in [0.15, 0.2) is 48.7 Å². The number of carbonyl (C=O) groups excluding carboxylic acids is 2. The van der Waals surface area contributed by atoms with Crippen molar-refractivity contribution in [3.63, 3.8) is 0 Å². The first-order chi connectivity index (χ1) is 21.9. The molecule has 2 aromatic carbocycles. The average molecular weight is 643 g/mol. The van der Waals surface area contributed by atoms with Gasteiger partial charge in [-0.15, -0.1) is 0 Å². The molecule has 3 aliphatic rings. The van der Waals surface area contributed by atoms with Crippen LogP contribution in [0.5, 0.6) is 0 Å². The number of likely N-dealkylation sites (tertiary alicyclic amines) is 1. The summed E-state index contributed by atoms with van der Waals surface area (Å²) in [7, 11) is 0. The molecule has 9 nitrogen and oxygen atoms in total. The normalized spacial score (nSPS) is 19.0. The topological polar surface area (TPSA) is 74.2 Å². The molecule has 0 aliphatic carbocycles. The van der Waals surface area contributed by atoms with E-state index in [1.807, 2.05) is 24.1 Å². The van der Waals surface area contributed by atoms with Gasteiger partial charge in [-0.1, -0.05) is 30.3 Å². The Morgan fingerprint density at radius 1 is 1.04 bits per heavy atom. The standard InChI is InChI=1S/C33H38F4N6O3/c1-21(2)46-32(45)41-16-13-26(41)20-40-17-24-19-42(25-11-14-39(15-12-25)29-22(3)7-6-10-28(29)34)31(44)43(30(24)38-40)18-23-8-4-5-9-27(23)33(35,36)37/h4-10,17,21,25-26H,11-16,18-20H2,1-3H3/t26-/m1/s1. The number of hydrogen-bond acceptors (Lipinski definition) is 5. The molecule has 0 saturated carbocycles. The van der Waals surface area contributed by atoms with Crippen LogP contribution in [0.2, 0.25) is 0 Å². The zero-order chi connectivity index (χ0) is 32.7. The van der Waals surface area contributed by atoms with E-state index < -0.39 is 23.9 Å². The summed E-state index contributed by atoms with van der Waals surface area (Å²) in [4.78, 5) is 33.3. The van der Waals surface area contributed by atoms with E-state index in [4.69, 9.17) is 4.74 Å². The van der Waals surface area contributed by atoms with Gasteiger partial charge < -0.3 is 19.4 Å². The second-order valence-corrected chi connectivity index (χ2v) is 12.5. The lowest BCUT2D eigenvalue weighted by molar-refractivity contribution is -0.138. The summed E-state index contributed by atoms with van der Waals surface area (Å²) >= 11 is 0. The Balaban J connectivity index is 1.26. The third-order valence-corrected chi connectivity index (χ3v) is 9.06. The van der Waals surface area contributed by atoms with Crippen LogP contribution in [0.4, 0.5) is 38.7 Å². The second-order valence-electron chi connectivity index (χ2n) is 12.5. The van der Waals surface area contributed by atoms with E-state index in [0.29, 0.717) is 56.1 Å². The van der Waals surface area contributed by atoms with Crippen LogP contribution in [-0.4, -0.2) is 69.5 Å².